The second kappa shape index (κ2) is 7.69. The molecule has 1 saturated heterocycles. The lowest BCUT2D eigenvalue weighted by atomic mass is 9.86. The van der Waals surface area contributed by atoms with Crippen molar-refractivity contribution in [2.45, 2.75) is 25.8 Å². The van der Waals surface area contributed by atoms with Crippen molar-refractivity contribution in [3.05, 3.63) is 77.0 Å². The second-order valence-electron chi connectivity index (χ2n) is 7.08. The predicted octanol–water partition coefficient (Wildman–Crippen LogP) is 3.22. The summed E-state index contributed by atoms with van der Waals surface area (Å²) in [5.41, 5.74) is 1.40. The van der Waals surface area contributed by atoms with E-state index in [1.165, 1.54) is 4.90 Å². The van der Waals surface area contributed by atoms with Crippen molar-refractivity contribution in [3.63, 3.8) is 0 Å². The van der Waals surface area contributed by atoms with Crippen LogP contribution in [-0.4, -0.2) is 40.7 Å². The van der Waals surface area contributed by atoms with Gasteiger partial charge < -0.3 is 9.80 Å². The van der Waals surface area contributed by atoms with Crippen LogP contribution in [0.2, 0.25) is 0 Å². The van der Waals surface area contributed by atoms with E-state index in [2.05, 4.69) is 6.07 Å². The fraction of sp³-hybridized carbons (Fsp3) is 0.261. The van der Waals surface area contributed by atoms with Crippen LogP contribution in [0.4, 0.5) is 0 Å². The quantitative estimate of drug-likeness (QED) is 0.773. The highest BCUT2D eigenvalue weighted by Crippen LogP contribution is 2.32. The number of nitrogens with zero attached hydrogens (tertiary/aromatic N) is 3. The molecule has 5 heteroatoms. The van der Waals surface area contributed by atoms with E-state index >= 15 is 0 Å². The maximum atomic E-state index is 13.3. The van der Waals surface area contributed by atoms with Crippen LogP contribution < -0.4 is 0 Å². The van der Waals surface area contributed by atoms with Gasteiger partial charge in [0.05, 0.1) is 11.6 Å². The summed E-state index contributed by atoms with van der Waals surface area (Å²) in [6.45, 7) is 4.11. The minimum atomic E-state index is -0.964. The van der Waals surface area contributed by atoms with Crippen molar-refractivity contribution in [2.24, 2.45) is 0 Å². The van der Waals surface area contributed by atoms with E-state index in [1.54, 1.807) is 42.3 Å². The number of hydrogen-bond acceptors (Lipinski definition) is 3. The van der Waals surface area contributed by atoms with Crippen molar-refractivity contribution in [1.82, 2.24) is 9.80 Å². The Kier molecular flexibility index (Phi) is 5.32. The topological polar surface area (TPSA) is 64.4 Å². The molecule has 1 unspecified atom stereocenters. The first-order valence-electron chi connectivity index (χ1n) is 9.27. The molecule has 1 aliphatic heterocycles. The number of nitriles is 1. The predicted molar refractivity (Wildman–Crippen MR) is 108 cm³/mol. The van der Waals surface area contributed by atoms with Gasteiger partial charge in [-0.05, 0) is 37.1 Å². The van der Waals surface area contributed by atoms with Crippen LogP contribution in [0.1, 0.15) is 30.5 Å². The summed E-state index contributed by atoms with van der Waals surface area (Å²) in [5, 5.41) is 9.32. The Morgan fingerprint density at radius 2 is 1.71 bits per heavy atom. The molecule has 1 heterocycles. The summed E-state index contributed by atoms with van der Waals surface area (Å²) < 4.78 is 0. The first-order chi connectivity index (χ1) is 13.4. The lowest BCUT2D eigenvalue weighted by Crippen LogP contribution is -2.65. The molecule has 0 radical (unpaired) electrons. The molecule has 0 aromatic heterocycles. The molecule has 142 valence electrons. The molecular weight excluding hydrogens is 350 g/mol. The highest BCUT2D eigenvalue weighted by Gasteiger charge is 2.49. The number of hydrogen-bond donors (Lipinski definition) is 0. The van der Waals surface area contributed by atoms with Gasteiger partial charge in [-0.25, -0.2) is 0 Å². The molecule has 1 atom stereocenters. The zero-order valence-corrected chi connectivity index (χ0v) is 16.3. The van der Waals surface area contributed by atoms with Gasteiger partial charge in [-0.1, -0.05) is 48.5 Å². The molecule has 3 rings (SSSR count). The van der Waals surface area contributed by atoms with Gasteiger partial charge in [-0.15, -0.1) is 0 Å². The highest BCUT2D eigenvalue weighted by atomic mass is 16.2. The average molecular weight is 373 g/mol. The molecule has 2 aromatic rings. The van der Waals surface area contributed by atoms with Crippen LogP contribution in [0.5, 0.6) is 0 Å². The number of rotatable bonds is 4. The van der Waals surface area contributed by atoms with E-state index in [-0.39, 0.29) is 17.5 Å². The number of carbonyl (C=O) groups is 2. The van der Waals surface area contributed by atoms with Gasteiger partial charge in [-0.3, -0.25) is 9.59 Å². The number of amides is 2. The molecule has 0 N–H and O–H groups in total. The largest absolute Gasteiger partial charge is 0.323 e. The normalized spacial score (nSPS) is 21.1. The minimum absolute atomic E-state index is 0.140. The first kappa shape index (κ1) is 19.4. The average Bonchev–Trinajstić information content (AvgIpc) is 2.71. The zero-order chi connectivity index (χ0) is 20.3. The number of likely N-dealkylation sites (N-methyl/N-ethyl adjacent to an activating group) is 2. The Labute approximate surface area is 165 Å². The van der Waals surface area contributed by atoms with Gasteiger partial charge in [0, 0.05) is 20.0 Å². The lowest BCUT2D eigenvalue weighted by molar-refractivity contribution is -0.157. The fourth-order valence-electron chi connectivity index (χ4n) is 3.78. The van der Waals surface area contributed by atoms with E-state index in [9.17, 15) is 14.9 Å². The maximum absolute atomic E-state index is 13.3. The number of piperazine rings is 1. The molecule has 0 spiro atoms. The molecule has 1 aliphatic rings. The number of carbonyl (C=O) groups excluding carboxylic acids is 2. The Hall–Kier alpha value is -3.39. The van der Waals surface area contributed by atoms with Gasteiger partial charge in [-0.2, -0.15) is 5.26 Å². The zero-order valence-electron chi connectivity index (χ0n) is 16.3. The third-order valence-electron chi connectivity index (χ3n) is 5.27. The van der Waals surface area contributed by atoms with Crippen LogP contribution in [0, 0.1) is 11.3 Å². The smallest absolute Gasteiger partial charge is 0.271 e. The van der Waals surface area contributed by atoms with Crippen molar-refractivity contribution < 1.29 is 9.59 Å². The molecule has 2 aromatic carbocycles. The Balaban J connectivity index is 2.04. The van der Waals surface area contributed by atoms with Crippen LogP contribution in [-0.2, 0) is 16.0 Å². The lowest BCUT2D eigenvalue weighted by Gasteiger charge is -2.47. The molecule has 1 fully saturated rings. The molecule has 5 nitrogen and oxygen atoms in total. The van der Waals surface area contributed by atoms with Crippen LogP contribution in [0.3, 0.4) is 0 Å². The van der Waals surface area contributed by atoms with Gasteiger partial charge in [0.15, 0.2) is 0 Å². The monoisotopic (exact) mass is 373 g/mol. The minimum Gasteiger partial charge on any atom is -0.323 e. The van der Waals surface area contributed by atoms with Crippen molar-refractivity contribution in [1.29, 1.82) is 5.26 Å². The molecule has 0 bridgehead atoms. The van der Waals surface area contributed by atoms with Gasteiger partial charge in [0.1, 0.15) is 11.2 Å². The summed E-state index contributed by atoms with van der Waals surface area (Å²) in [6.07, 6.45) is 2.07. The molecule has 2 amide bonds. The third kappa shape index (κ3) is 3.29. The van der Waals surface area contributed by atoms with Gasteiger partial charge in [0.25, 0.3) is 11.8 Å². The molecule has 0 saturated carbocycles. The first-order valence-corrected chi connectivity index (χ1v) is 9.27. The summed E-state index contributed by atoms with van der Waals surface area (Å²) in [6, 6.07) is 18.9. The maximum Gasteiger partial charge on any atom is 0.271 e. The van der Waals surface area contributed by atoms with E-state index in [0.717, 1.165) is 5.56 Å². The van der Waals surface area contributed by atoms with E-state index < -0.39 is 5.54 Å². The van der Waals surface area contributed by atoms with Crippen molar-refractivity contribution in [2.75, 3.05) is 13.6 Å². The summed E-state index contributed by atoms with van der Waals surface area (Å²) >= 11 is 0. The van der Waals surface area contributed by atoms with Crippen LogP contribution in [0.15, 0.2) is 60.3 Å². The van der Waals surface area contributed by atoms with Crippen molar-refractivity contribution in [3.8, 4) is 6.07 Å². The SMILES string of the molecule is CCN1C(=O)/C(=C/c2ccccc2C#N)N(C)C(=O)C1(C)Cc1ccccc1. The number of benzene rings is 2. The molecule has 28 heavy (non-hydrogen) atoms. The molecule has 0 aliphatic carbocycles. The van der Waals surface area contributed by atoms with Crippen LogP contribution >= 0.6 is 0 Å². The Morgan fingerprint density at radius 3 is 2.36 bits per heavy atom. The van der Waals surface area contributed by atoms with E-state index in [1.807, 2.05) is 44.2 Å². The van der Waals surface area contributed by atoms with Crippen LogP contribution in [0.25, 0.3) is 6.08 Å². The van der Waals surface area contributed by atoms with Gasteiger partial charge in [0.2, 0.25) is 0 Å². The standard InChI is InChI=1S/C23H23N3O2/c1-4-26-21(27)20(14-18-12-8-9-13-19(18)16-24)25(3)22(28)23(26,2)15-17-10-6-5-7-11-17/h5-14H,4,15H2,1-3H3/b20-14-. The van der Waals surface area contributed by atoms with Crippen molar-refractivity contribution >= 4 is 17.9 Å². The third-order valence-corrected chi connectivity index (χ3v) is 5.27. The van der Waals surface area contributed by atoms with E-state index in [4.69, 9.17) is 0 Å². The fourth-order valence-corrected chi connectivity index (χ4v) is 3.78. The van der Waals surface area contributed by atoms with E-state index in [0.29, 0.717) is 24.1 Å². The Bertz CT molecular complexity index is 975. The summed E-state index contributed by atoms with van der Waals surface area (Å²) in [5.74, 6) is -0.353. The summed E-state index contributed by atoms with van der Waals surface area (Å²) in [7, 11) is 1.62. The molecular formula is C23H23N3O2. The summed E-state index contributed by atoms with van der Waals surface area (Å²) in [4.78, 5) is 29.7. The second-order valence-corrected chi connectivity index (χ2v) is 7.08. The highest BCUT2D eigenvalue weighted by molar-refractivity contribution is 6.09. The Morgan fingerprint density at radius 1 is 1.07 bits per heavy atom. The van der Waals surface area contributed by atoms with Gasteiger partial charge >= 0.3 is 0 Å².